The van der Waals surface area contributed by atoms with Crippen molar-refractivity contribution in [1.29, 1.82) is 10.8 Å². The summed E-state index contributed by atoms with van der Waals surface area (Å²) in [5.74, 6) is -4.19. The molecule has 13 heteroatoms. The van der Waals surface area contributed by atoms with Gasteiger partial charge in [-0.3, -0.25) is 25.3 Å². The smallest absolute Gasteiger partial charge is 0.359 e. The summed E-state index contributed by atoms with van der Waals surface area (Å²) in [7, 11) is 1.09. The molecule has 0 bridgehead atoms. The van der Waals surface area contributed by atoms with Gasteiger partial charge in [0.25, 0.3) is 11.5 Å². The van der Waals surface area contributed by atoms with Crippen LogP contribution in [0.3, 0.4) is 0 Å². The molecule has 1 fully saturated rings. The second kappa shape index (κ2) is 9.73. The number of halogens is 4. The molecule has 1 aromatic heterocycles. The summed E-state index contributed by atoms with van der Waals surface area (Å²) in [6, 6.07) is 9.47. The van der Waals surface area contributed by atoms with Crippen LogP contribution in [-0.4, -0.2) is 69.7 Å². The van der Waals surface area contributed by atoms with E-state index < -0.39 is 48.4 Å². The van der Waals surface area contributed by atoms with Gasteiger partial charge in [0.2, 0.25) is 5.84 Å². The lowest BCUT2D eigenvalue weighted by Crippen LogP contribution is -2.65. The third kappa shape index (κ3) is 4.81. The van der Waals surface area contributed by atoms with Crippen molar-refractivity contribution in [2.45, 2.75) is 31.8 Å². The molecule has 2 aromatic carbocycles. The highest BCUT2D eigenvalue weighted by Crippen LogP contribution is 2.27. The van der Waals surface area contributed by atoms with Gasteiger partial charge in [0.1, 0.15) is 11.7 Å². The van der Waals surface area contributed by atoms with E-state index in [-0.39, 0.29) is 17.5 Å². The minimum Gasteiger partial charge on any atom is -0.359 e. The van der Waals surface area contributed by atoms with Crippen LogP contribution in [-0.2, 0) is 11.2 Å². The Morgan fingerprint density at radius 2 is 1.89 bits per heavy atom. The van der Waals surface area contributed by atoms with E-state index in [4.69, 9.17) is 15.6 Å². The molecule has 2 heterocycles. The zero-order chi connectivity index (χ0) is 27.1. The number of hydrogen-bond donors (Lipinski definition) is 3. The second-order valence-electron chi connectivity index (χ2n) is 8.46. The Kier molecular flexibility index (Phi) is 6.82. The summed E-state index contributed by atoms with van der Waals surface area (Å²) in [4.78, 5) is 26.8. The lowest BCUT2D eigenvalue weighted by molar-refractivity contribution is -0.0825. The minimum atomic E-state index is -5.03. The summed E-state index contributed by atoms with van der Waals surface area (Å²) in [6.07, 6.45) is -6.35. The fraction of sp³-hybridized carbons (Fsp3) is 0.292. The Bertz CT molecular complexity index is 1450. The van der Waals surface area contributed by atoms with E-state index in [1.54, 1.807) is 24.3 Å². The monoisotopic (exact) mass is 518 g/mol. The maximum absolute atomic E-state index is 14.8. The molecule has 9 nitrogen and oxygen atoms in total. The topological polar surface area (TPSA) is 126 Å². The number of rotatable bonds is 4. The van der Waals surface area contributed by atoms with Crippen molar-refractivity contribution < 1.29 is 27.1 Å². The highest BCUT2D eigenvalue weighted by atomic mass is 19.4. The van der Waals surface area contributed by atoms with Crippen LogP contribution >= 0.6 is 0 Å². The van der Waals surface area contributed by atoms with Crippen molar-refractivity contribution in [3.05, 3.63) is 75.5 Å². The van der Waals surface area contributed by atoms with Crippen molar-refractivity contribution in [2.75, 3.05) is 13.7 Å². The number of methoxy groups -OCH3 is 1. The first-order valence-electron chi connectivity index (χ1n) is 11.1. The molecule has 37 heavy (non-hydrogen) atoms. The summed E-state index contributed by atoms with van der Waals surface area (Å²) in [6.45, 7) is 0.883. The highest BCUT2D eigenvalue weighted by molar-refractivity contribution is 6.06. The van der Waals surface area contributed by atoms with Gasteiger partial charge in [0, 0.05) is 18.9 Å². The maximum atomic E-state index is 14.8. The van der Waals surface area contributed by atoms with Crippen LogP contribution in [0.4, 0.5) is 17.6 Å². The van der Waals surface area contributed by atoms with Gasteiger partial charge in [-0.25, -0.2) is 9.49 Å². The summed E-state index contributed by atoms with van der Waals surface area (Å²) < 4.78 is 59.4. The fourth-order valence-electron chi connectivity index (χ4n) is 4.25. The molecular formula is C24H22F4N6O3. The number of H-pyrrole nitrogens is 1. The van der Waals surface area contributed by atoms with Gasteiger partial charge < -0.3 is 9.64 Å². The largest absolute Gasteiger partial charge is 0.449 e. The molecule has 4 rings (SSSR count). The van der Waals surface area contributed by atoms with Crippen molar-refractivity contribution >= 4 is 28.4 Å². The summed E-state index contributed by atoms with van der Waals surface area (Å²) in [5.41, 5.74) is 0.281. The van der Waals surface area contributed by atoms with Gasteiger partial charge in [0.05, 0.1) is 29.2 Å². The zero-order valence-electron chi connectivity index (χ0n) is 19.7. The molecule has 3 aromatic rings. The number of carbonyl (C=O) groups is 1. The molecule has 1 aliphatic heterocycles. The van der Waals surface area contributed by atoms with Gasteiger partial charge in [-0.05, 0) is 30.7 Å². The molecule has 0 aliphatic carbocycles. The predicted molar refractivity (Wildman–Crippen MR) is 126 cm³/mol. The molecule has 0 saturated carbocycles. The zero-order valence-corrected chi connectivity index (χ0v) is 19.7. The molecule has 2 atom stereocenters. The van der Waals surface area contributed by atoms with Gasteiger partial charge in [-0.2, -0.15) is 18.3 Å². The third-order valence-corrected chi connectivity index (χ3v) is 6.21. The fourth-order valence-corrected chi connectivity index (χ4v) is 4.25. The van der Waals surface area contributed by atoms with E-state index in [1.807, 2.05) is 0 Å². The average molecular weight is 518 g/mol. The second-order valence-corrected chi connectivity index (χ2v) is 8.46. The van der Waals surface area contributed by atoms with Gasteiger partial charge >= 0.3 is 6.18 Å². The first kappa shape index (κ1) is 25.9. The lowest BCUT2D eigenvalue weighted by atomic mass is 10.0. The minimum absolute atomic E-state index is 0.153. The third-order valence-electron chi connectivity index (χ3n) is 6.21. The van der Waals surface area contributed by atoms with Crippen LogP contribution in [0.25, 0.3) is 10.8 Å². The number of fused-ring (bicyclic) bond motifs is 1. The molecule has 0 radical (unpaired) electrons. The van der Waals surface area contributed by atoms with E-state index in [0.29, 0.717) is 26.9 Å². The number of piperazine rings is 1. The number of nitrogens with zero attached hydrogens (tertiary/aromatic N) is 3. The van der Waals surface area contributed by atoms with Gasteiger partial charge in [-0.15, -0.1) is 0 Å². The molecule has 2 unspecified atom stereocenters. The molecule has 1 amide bonds. The lowest BCUT2D eigenvalue weighted by Gasteiger charge is -2.45. The van der Waals surface area contributed by atoms with E-state index in [2.05, 4.69) is 10.2 Å². The Labute approximate surface area is 207 Å². The maximum Gasteiger partial charge on any atom is 0.449 e. The Balaban J connectivity index is 1.64. The van der Waals surface area contributed by atoms with E-state index in [0.717, 1.165) is 18.1 Å². The van der Waals surface area contributed by atoms with E-state index in [9.17, 15) is 27.2 Å². The first-order chi connectivity index (χ1) is 17.4. The molecule has 1 saturated heterocycles. The van der Waals surface area contributed by atoms with Crippen molar-refractivity contribution in [1.82, 2.24) is 20.0 Å². The van der Waals surface area contributed by atoms with Crippen molar-refractivity contribution in [2.24, 2.45) is 0 Å². The van der Waals surface area contributed by atoms with Crippen LogP contribution in [0.5, 0.6) is 0 Å². The molecule has 194 valence electrons. The SMILES string of the molecule is COC1CN(C(=O)c2cc(Cc3n[nH]c(=O)c4ccccc34)ccc2F)C(C)C(=N)N1C(=N)C(F)(F)F. The Morgan fingerprint density at radius 1 is 1.22 bits per heavy atom. The van der Waals surface area contributed by atoms with Gasteiger partial charge in [-0.1, -0.05) is 24.3 Å². The number of nitrogens with one attached hydrogen (secondary N) is 3. The standard InChI is InChI=1S/C24H22F4N6O3/c1-12-20(29)34(23(30)24(26,27)28)19(37-2)11-33(12)22(36)16-9-13(7-8-17(16)25)10-18-14-5-3-4-6-15(14)21(35)32-31-18/h3-9,12,19,29-30H,10-11H2,1-2H3,(H,32,35). The van der Waals surface area contributed by atoms with Crippen LogP contribution in [0, 0.1) is 16.6 Å². The number of carbonyl (C=O) groups excluding carboxylic acids is 1. The number of amidine groups is 2. The Hall–Kier alpha value is -4.13. The van der Waals surface area contributed by atoms with E-state index in [1.165, 1.54) is 19.1 Å². The number of aromatic nitrogens is 2. The average Bonchev–Trinajstić information content (AvgIpc) is 2.87. The normalized spacial score (nSPS) is 18.4. The summed E-state index contributed by atoms with van der Waals surface area (Å²) >= 11 is 0. The van der Waals surface area contributed by atoms with Crippen LogP contribution in [0.2, 0.25) is 0 Å². The number of aromatic amines is 1. The molecular weight excluding hydrogens is 496 g/mol. The molecule has 1 aliphatic rings. The number of amides is 1. The van der Waals surface area contributed by atoms with Gasteiger partial charge in [0.15, 0.2) is 6.23 Å². The van der Waals surface area contributed by atoms with Crippen molar-refractivity contribution in [3.63, 3.8) is 0 Å². The Morgan fingerprint density at radius 3 is 2.54 bits per heavy atom. The number of hydrogen-bond acceptors (Lipinski definition) is 6. The summed E-state index contributed by atoms with van der Waals surface area (Å²) in [5, 5.41) is 23.2. The molecule has 0 spiro atoms. The number of alkyl halides is 3. The van der Waals surface area contributed by atoms with Crippen LogP contribution < -0.4 is 5.56 Å². The first-order valence-corrected chi connectivity index (χ1v) is 11.1. The van der Waals surface area contributed by atoms with Crippen LogP contribution in [0.15, 0.2) is 47.3 Å². The quantitative estimate of drug-likeness (QED) is 0.278. The number of benzene rings is 2. The highest BCUT2D eigenvalue weighted by Gasteiger charge is 2.48. The number of ether oxygens (including phenoxy) is 1. The van der Waals surface area contributed by atoms with Crippen LogP contribution in [0.1, 0.15) is 28.5 Å². The van der Waals surface area contributed by atoms with E-state index >= 15 is 0 Å². The molecule has 3 N–H and O–H groups in total. The predicted octanol–water partition coefficient (Wildman–Crippen LogP) is 3.29. The van der Waals surface area contributed by atoms with Crippen molar-refractivity contribution in [3.8, 4) is 0 Å².